The molecule has 1 aliphatic heterocycles. The summed E-state index contributed by atoms with van der Waals surface area (Å²) < 4.78 is 12.4. The molecule has 1 aromatic carbocycles. The van der Waals surface area contributed by atoms with E-state index in [9.17, 15) is 14.9 Å². The number of nitrogens with zero attached hydrogens (tertiary/aromatic N) is 2. The highest BCUT2D eigenvalue weighted by molar-refractivity contribution is 8.24. The van der Waals surface area contributed by atoms with Crippen LogP contribution >= 0.6 is 23.5 Å². The van der Waals surface area contributed by atoms with E-state index in [0.29, 0.717) is 37.4 Å². The van der Waals surface area contributed by atoms with Crippen LogP contribution in [0.5, 0.6) is 11.5 Å². The lowest BCUT2D eigenvalue weighted by Crippen LogP contribution is -2.26. The molecule has 0 spiro atoms. The van der Waals surface area contributed by atoms with E-state index in [-0.39, 0.29) is 29.5 Å². The van der Waals surface area contributed by atoms with Gasteiger partial charge in [-0.05, 0) is 75.3 Å². The number of hydrogen-bond acceptors (Lipinski definition) is 7. The average molecular weight is 609 g/mol. The molecule has 226 valence electrons. The summed E-state index contributed by atoms with van der Waals surface area (Å²) in [4.78, 5) is 31.1. The molecule has 0 saturated heterocycles. The predicted octanol–water partition coefficient (Wildman–Crippen LogP) is 10.1. The summed E-state index contributed by atoms with van der Waals surface area (Å²) in [6.07, 6.45) is 17.6. The van der Waals surface area contributed by atoms with Crippen LogP contribution in [-0.4, -0.2) is 11.9 Å². The molecule has 2 aliphatic carbocycles. The first-order valence-electron chi connectivity index (χ1n) is 15.9. The van der Waals surface area contributed by atoms with Crippen molar-refractivity contribution in [2.24, 2.45) is 23.7 Å². The van der Waals surface area contributed by atoms with Gasteiger partial charge in [0.05, 0.1) is 38.5 Å². The number of rotatable bonds is 12. The van der Waals surface area contributed by atoms with Crippen molar-refractivity contribution in [1.82, 2.24) is 0 Å². The van der Waals surface area contributed by atoms with Crippen LogP contribution in [0.25, 0.3) is 4.85 Å². The van der Waals surface area contributed by atoms with Gasteiger partial charge in [0.15, 0.2) is 0 Å². The van der Waals surface area contributed by atoms with Gasteiger partial charge in [0, 0.05) is 0 Å². The van der Waals surface area contributed by atoms with Crippen molar-refractivity contribution in [3.8, 4) is 17.6 Å². The minimum Gasteiger partial charge on any atom is -0.425 e. The molecule has 0 unspecified atom stereocenters. The Bertz CT molecular complexity index is 1120. The summed E-state index contributed by atoms with van der Waals surface area (Å²) in [6.45, 7) is 11.9. The fourth-order valence-electron chi connectivity index (χ4n) is 6.42. The first kappa shape index (κ1) is 32.5. The van der Waals surface area contributed by atoms with Crippen LogP contribution in [0.4, 0.5) is 0 Å². The molecule has 2 fully saturated rings. The van der Waals surface area contributed by atoms with Crippen LogP contribution in [0, 0.1) is 41.6 Å². The van der Waals surface area contributed by atoms with E-state index >= 15 is 0 Å². The molecule has 1 heterocycles. The Kier molecular flexibility index (Phi) is 12.7. The Balaban J connectivity index is 1.42. The number of unbranched alkanes of at least 4 members (excludes halogenated alkanes) is 4. The van der Waals surface area contributed by atoms with Crippen molar-refractivity contribution in [2.75, 3.05) is 0 Å². The van der Waals surface area contributed by atoms with Gasteiger partial charge >= 0.3 is 11.9 Å². The molecular weight excluding hydrogens is 565 g/mol. The molecular formula is C34H44N2O4S2. The lowest BCUT2D eigenvalue weighted by molar-refractivity contribution is -0.141. The summed E-state index contributed by atoms with van der Waals surface area (Å²) in [5.74, 6) is 1.52. The maximum Gasteiger partial charge on any atom is 0.314 e. The van der Waals surface area contributed by atoms with Gasteiger partial charge in [-0.25, -0.2) is 10.1 Å². The zero-order chi connectivity index (χ0) is 29.9. The second-order valence-electron chi connectivity index (χ2n) is 12.1. The highest BCUT2D eigenvalue weighted by atomic mass is 32.2. The minimum absolute atomic E-state index is 0.0152. The van der Waals surface area contributed by atoms with Crippen LogP contribution in [-0.2, 0) is 9.59 Å². The quantitative estimate of drug-likeness (QED) is 0.0768. The van der Waals surface area contributed by atoms with Crippen molar-refractivity contribution in [3.05, 3.63) is 33.5 Å². The highest BCUT2D eigenvalue weighted by Crippen LogP contribution is 2.59. The maximum absolute atomic E-state index is 13.2. The lowest BCUT2D eigenvalue weighted by atomic mass is 9.80. The number of allylic oxidation sites excluding steroid dienone is 1. The minimum atomic E-state index is -0.224. The van der Waals surface area contributed by atoms with Crippen LogP contribution in [0.15, 0.2) is 31.9 Å². The number of carbonyl (C=O) groups is 2. The second-order valence-corrected chi connectivity index (χ2v) is 14.4. The van der Waals surface area contributed by atoms with Gasteiger partial charge in [-0.2, -0.15) is 0 Å². The van der Waals surface area contributed by atoms with Crippen LogP contribution in [0.2, 0.25) is 0 Å². The van der Waals surface area contributed by atoms with Crippen molar-refractivity contribution in [1.29, 1.82) is 5.26 Å². The van der Waals surface area contributed by atoms with E-state index in [1.165, 1.54) is 74.9 Å². The molecule has 42 heavy (non-hydrogen) atoms. The largest absolute Gasteiger partial charge is 0.425 e. The number of nitriles is 1. The van der Waals surface area contributed by atoms with Crippen LogP contribution in [0.1, 0.15) is 117 Å². The zero-order valence-corrected chi connectivity index (χ0v) is 26.8. The Morgan fingerprint density at radius 3 is 1.60 bits per heavy atom. The fourth-order valence-corrected chi connectivity index (χ4v) is 8.89. The molecule has 0 radical (unpaired) electrons. The van der Waals surface area contributed by atoms with Crippen molar-refractivity contribution >= 4 is 35.5 Å². The smallest absolute Gasteiger partial charge is 0.314 e. The molecule has 0 aromatic heterocycles. The third kappa shape index (κ3) is 8.57. The maximum atomic E-state index is 13.2. The topological polar surface area (TPSA) is 80.8 Å². The number of benzene rings is 1. The van der Waals surface area contributed by atoms with Gasteiger partial charge in [-0.1, -0.05) is 88.7 Å². The summed E-state index contributed by atoms with van der Waals surface area (Å²) >= 11 is 2.49. The lowest BCUT2D eigenvalue weighted by Gasteiger charge is -2.27. The normalized spacial score (nSPS) is 23.4. The molecule has 6 nitrogen and oxygen atoms in total. The highest BCUT2D eigenvalue weighted by Gasteiger charge is 2.34. The number of ether oxygens (including phenoxy) is 2. The number of esters is 2. The average Bonchev–Trinajstić information content (AvgIpc) is 3.46. The molecule has 4 rings (SSSR count). The van der Waals surface area contributed by atoms with E-state index in [1.54, 1.807) is 12.1 Å². The molecule has 0 amide bonds. The fraction of sp³-hybridized carbons (Fsp3) is 0.647. The number of thioether (sulfide) groups is 2. The van der Waals surface area contributed by atoms with Gasteiger partial charge in [0.2, 0.25) is 0 Å². The van der Waals surface area contributed by atoms with E-state index in [2.05, 4.69) is 18.7 Å². The first-order valence-corrected chi connectivity index (χ1v) is 17.6. The number of hydrogen-bond donors (Lipinski definition) is 0. The van der Waals surface area contributed by atoms with Gasteiger partial charge in [0.1, 0.15) is 11.5 Å². The monoisotopic (exact) mass is 608 g/mol. The predicted molar refractivity (Wildman–Crippen MR) is 168 cm³/mol. The van der Waals surface area contributed by atoms with Crippen LogP contribution < -0.4 is 9.47 Å². The Labute approximate surface area is 260 Å². The van der Waals surface area contributed by atoms with Crippen molar-refractivity contribution in [2.45, 2.75) is 126 Å². The standard InChI is InChI=1S/C34H44N2O4S2/c1-4-6-8-10-23-12-16-25(17-13-23)32(37)39-28-20-21-29(31-30(28)41-34(42-31)27(22-35)36-3)40-33(38)26-18-14-24(15-19-26)11-9-7-5-2/h20-21,23-26H,4-19H2,1-2H3. The van der Waals surface area contributed by atoms with Gasteiger partial charge in [-0.15, -0.1) is 0 Å². The van der Waals surface area contributed by atoms with E-state index < -0.39 is 0 Å². The molecule has 0 bridgehead atoms. The van der Waals surface area contributed by atoms with Gasteiger partial charge < -0.3 is 9.47 Å². The second kappa shape index (κ2) is 16.4. The molecule has 0 atom stereocenters. The molecule has 0 N–H and O–H groups in total. The van der Waals surface area contributed by atoms with E-state index in [0.717, 1.165) is 51.4 Å². The summed E-state index contributed by atoms with van der Waals surface area (Å²) in [5.41, 5.74) is -0.0152. The zero-order valence-electron chi connectivity index (χ0n) is 25.1. The van der Waals surface area contributed by atoms with Gasteiger partial charge in [-0.3, -0.25) is 9.59 Å². The summed E-state index contributed by atoms with van der Waals surface area (Å²) in [6, 6.07) is 5.36. The van der Waals surface area contributed by atoms with Gasteiger partial charge in [0.25, 0.3) is 5.70 Å². The molecule has 1 aromatic rings. The van der Waals surface area contributed by atoms with E-state index in [1.807, 2.05) is 6.07 Å². The van der Waals surface area contributed by atoms with Crippen LogP contribution in [0.3, 0.4) is 0 Å². The molecule has 8 heteroatoms. The Morgan fingerprint density at radius 2 is 1.24 bits per heavy atom. The van der Waals surface area contributed by atoms with E-state index in [4.69, 9.17) is 16.0 Å². The molecule has 3 aliphatic rings. The Hall–Kier alpha value is -2.42. The summed E-state index contributed by atoms with van der Waals surface area (Å²) in [5, 5.41) is 9.50. The number of carbonyl (C=O) groups excluding carboxylic acids is 2. The van der Waals surface area contributed by atoms with Crippen molar-refractivity contribution < 1.29 is 19.1 Å². The Morgan fingerprint density at radius 1 is 0.810 bits per heavy atom. The summed E-state index contributed by atoms with van der Waals surface area (Å²) in [7, 11) is 0. The first-order chi connectivity index (χ1) is 20.5. The molecule has 2 saturated carbocycles. The van der Waals surface area contributed by atoms with Crippen molar-refractivity contribution in [3.63, 3.8) is 0 Å². The third-order valence-corrected chi connectivity index (χ3v) is 11.7. The third-order valence-electron chi connectivity index (χ3n) is 9.05. The number of fused-ring (bicyclic) bond motifs is 1. The SMILES string of the molecule is [C-]#[N+]C(C#N)=C1Sc2c(OC(=O)C3CCC(CCCCC)CC3)ccc(OC(=O)C3CCC(CCCCC)CC3)c2S1.